The zero-order valence-electron chi connectivity index (χ0n) is 23.5. The number of benzene rings is 1. The smallest absolute Gasteiger partial charge is 0.338 e. The van der Waals surface area contributed by atoms with Crippen LogP contribution in [-0.4, -0.2) is 86.1 Å². The van der Waals surface area contributed by atoms with E-state index in [2.05, 4.69) is 10.2 Å². The number of fused-ring (bicyclic) bond motifs is 1. The van der Waals surface area contributed by atoms with E-state index in [9.17, 15) is 9.59 Å². The molecule has 0 saturated carbocycles. The average Bonchev–Trinajstić information content (AvgIpc) is 3.28. The Morgan fingerprint density at radius 1 is 1.15 bits per heavy atom. The molecule has 1 amide bonds. The Kier molecular flexibility index (Phi) is 9.24. The zero-order valence-corrected chi connectivity index (χ0v) is 24.4. The van der Waals surface area contributed by atoms with Crippen molar-refractivity contribution >= 4 is 28.8 Å². The molecule has 3 aliphatic rings. The van der Waals surface area contributed by atoms with Crippen LogP contribution < -0.4 is 14.8 Å². The number of esters is 1. The highest BCUT2D eigenvalue weighted by Gasteiger charge is 2.42. The van der Waals surface area contributed by atoms with Crippen LogP contribution in [0, 0.1) is 0 Å². The molecule has 212 valence electrons. The van der Waals surface area contributed by atoms with Gasteiger partial charge in [-0.25, -0.2) is 9.79 Å². The van der Waals surface area contributed by atoms with Gasteiger partial charge in [-0.15, -0.1) is 0 Å². The summed E-state index contributed by atoms with van der Waals surface area (Å²) < 4.78 is 22.2. The lowest BCUT2D eigenvalue weighted by Crippen LogP contribution is -2.42. The molecule has 3 heterocycles. The Hall–Kier alpha value is -3.02. The zero-order chi connectivity index (χ0) is 28.2. The lowest BCUT2D eigenvalue weighted by Gasteiger charge is -2.37. The second-order valence-corrected chi connectivity index (χ2v) is 11.3. The summed E-state index contributed by atoms with van der Waals surface area (Å²) in [5.74, 6) is 0.580. The third kappa shape index (κ3) is 6.95. The quantitative estimate of drug-likeness (QED) is 0.457. The highest BCUT2D eigenvalue weighted by atomic mass is 32.2. The van der Waals surface area contributed by atoms with Gasteiger partial charge < -0.3 is 29.2 Å². The van der Waals surface area contributed by atoms with Gasteiger partial charge in [0.25, 0.3) is 0 Å². The van der Waals surface area contributed by atoms with Gasteiger partial charge in [-0.3, -0.25) is 9.69 Å². The molecular formula is C28H38N4O6S. The Morgan fingerprint density at radius 3 is 2.54 bits per heavy atom. The first-order chi connectivity index (χ1) is 18.6. The second kappa shape index (κ2) is 12.4. The molecule has 0 unspecified atom stereocenters. The maximum atomic E-state index is 13.5. The average molecular weight is 559 g/mol. The maximum absolute atomic E-state index is 13.5. The first-order valence-electron chi connectivity index (χ1n) is 13.1. The van der Waals surface area contributed by atoms with Crippen LogP contribution in [0.3, 0.4) is 0 Å². The monoisotopic (exact) mass is 558 g/mol. The van der Waals surface area contributed by atoms with Crippen LogP contribution in [0.5, 0.6) is 11.5 Å². The molecule has 39 heavy (non-hydrogen) atoms. The van der Waals surface area contributed by atoms with Crippen molar-refractivity contribution in [2.24, 2.45) is 4.99 Å². The molecule has 1 fully saturated rings. The molecule has 0 aromatic heterocycles. The molecular weight excluding hydrogens is 520 g/mol. The van der Waals surface area contributed by atoms with Crippen LogP contribution in [0.2, 0.25) is 0 Å². The van der Waals surface area contributed by atoms with Crippen molar-refractivity contribution in [2.75, 3.05) is 53.6 Å². The number of amides is 1. The SMILES string of the molecule is COc1ccc([C@H]2C(C(=O)OC(C)(C)C)=C(C)N=C3SC=C(CC(=O)NCCN4CCOCC4)N32)cc1OC. The van der Waals surface area contributed by atoms with Gasteiger partial charge in [0, 0.05) is 31.9 Å². The predicted octanol–water partition coefficient (Wildman–Crippen LogP) is 3.46. The van der Waals surface area contributed by atoms with Gasteiger partial charge in [0.1, 0.15) is 5.60 Å². The minimum Gasteiger partial charge on any atom is -0.493 e. The molecule has 4 rings (SSSR count). The molecule has 0 radical (unpaired) electrons. The fourth-order valence-electron chi connectivity index (χ4n) is 4.71. The number of methoxy groups -OCH3 is 2. The summed E-state index contributed by atoms with van der Waals surface area (Å²) in [6.07, 6.45) is 0.152. The van der Waals surface area contributed by atoms with Crippen LogP contribution in [-0.2, 0) is 19.1 Å². The Balaban J connectivity index is 1.60. The van der Waals surface area contributed by atoms with E-state index < -0.39 is 17.6 Å². The van der Waals surface area contributed by atoms with E-state index in [1.807, 2.05) is 56.2 Å². The van der Waals surface area contributed by atoms with Crippen LogP contribution in [0.25, 0.3) is 0 Å². The lowest BCUT2D eigenvalue weighted by atomic mass is 9.93. The molecule has 11 heteroatoms. The number of hydrogen-bond acceptors (Lipinski definition) is 10. The highest BCUT2D eigenvalue weighted by Crippen LogP contribution is 2.46. The van der Waals surface area contributed by atoms with E-state index in [-0.39, 0.29) is 12.3 Å². The van der Waals surface area contributed by atoms with Gasteiger partial charge in [-0.05, 0) is 50.8 Å². The number of nitrogens with one attached hydrogen (secondary N) is 1. The molecule has 1 saturated heterocycles. The molecule has 1 atom stereocenters. The number of allylic oxidation sites excluding steroid dienone is 1. The molecule has 1 aromatic rings. The van der Waals surface area contributed by atoms with E-state index >= 15 is 0 Å². The second-order valence-electron chi connectivity index (χ2n) is 10.5. The first kappa shape index (κ1) is 29.0. The number of hydrogen-bond donors (Lipinski definition) is 1. The van der Waals surface area contributed by atoms with Gasteiger partial charge >= 0.3 is 5.97 Å². The third-order valence-corrected chi connectivity index (χ3v) is 7.43. The Bertz CT molecular complexity index is 1180. The van der Waals surface area contributed by atoms with Crippen molar-refractivity contribution in [3.8, 4) is 11.5 Å². The van der Waals surface area contributed by atoms with Crippen LogP contribution in [0.4, 0.5) is 0 Å². The summed E-state index contributed by atoms with van der Waals surface area (Å²) in [6.45, 7) is 11.8. The minimum absolute atomic E-state index is 0.0903. The third-order valence-electron chi connectivity index (χ3n) is 6.54. The van der Waals surface area contributed by atoms with Gasteiger partial charge in [-0.1, -0.05) is 17.8 Å². The fourth-order valence-corrected chi connectivity index (χ4v) is 5.67. The highest BCUT2D eigenvalue weighted by molar-refractivity contribution is 8.16. The van der Waals surface area contributed by atoms with Gasteiger partial charge in [0.05, 0.1) is 51.2 Å². The van der Waals surface area contributed by atoms with Gasteiger partial charge in [-0.2, -0.15) is 0 Å². The number of carbonyl (C=O) groups excluding carboxylic acids is 2. The topological polar surface area (TPSA) is 102 Å². The van der Waals surface area contributed by atoms with Gasteiger partial charge in [0.2, 0.25) is 5.91 Å². The molecule has 1 N–H and O–H groups in total. The summed E-state index contributed by atoms with van der Waals surface area (Å²) in [6, 6.07) is 5.00. The molecule has 10 nitrogen and oxygen atoms in total. The van der Waals surface area contributed by atoms with E-state index in [1.165, 1.54) is 11.8 Å². The lowest BCUT2D eigenvalue weighted by molar-refractivity contribution is -0.150. The van der Waals surface area contributed by atoms with Crippen molar-refractivity contribution in [3.05, 3.63) is 46.1 Å². The molecule has 1 aromatic carbocycles. The van der Waals surface area contributed by atoms with E-state index in [0.717, 1.165) is 44.1 Å². The van der Waals surface area contributed by atoms with Crippen molar-refractivity contribution in [2.45, 2.75) is 45.8 Å². The number of nitrogens with zero attached hydrogens (tertiary/aromatic N) is 3. The largest absolute Gasteiger partial charge is 0.493 e. The number of ether oxygens (including phenoxy) is 4. The summed E-state index contributed by atoms with van der Waals surface area (Å²) in [5.41, 5.74) is 1.86. The van der Waals surface area contributed by atoms with E-state index in [0.29, 0.717) is 34.5 Å². The number of carbonyl (C=O) groups is 2. The number of morpholine rings is 1. The van der Waals surface area contributed by atoms with Crippen LogP contribution in [0.15, 0.2) is 45.6 Å². The normalized spacial score (nSPS) is 19.7. The first-order valence-corrected chi connectivity index (χ1v) is 14.0. The number of aliphatic imine (C=N–C) groups is 1. The summed E-state index contributed by atoms with van der Waals surface area (Å²) >= 11 is 1.44. The predicted molar refractivity (Wildman–Crippen MR) is 151 cm³/mol. The van der Waals surface area contributed by atoms with Crippen molar-refractivity contribution in [1.82, 2.24) is 15.1 Å². The Labute approximate surface area is 234 Å². The molecule has 0 aliphatic carbocycles. The van der Waals surface area contributed by atoms with Crippen molar-refractivity contribution in [1.29, 1.82) is 0 Å². The van der Waals surface area contributed by atoms with E-state index in [1.54, 1.807) is 14.2 Å². The maximum Gasteiger partial charge on any atom is 0.338 e. The molecule has 0 spiro atoms. The number of amidine groups is 1. The van der Waals surface area contributed by atoms with Crippen molar-refractivity contribution < 1.29 is 28.5 Å². The summed E-state index contributed by atoms with van der Waals surface area (Å²) in [7, 11) is 3.15. The van der Waals surface area contributed by atoms with E-state index in [4.69, 9.17) is 23.9 Å². The number of thioether (sulfide) groups is 1. The summed E-state index contributed by atoms with van der Waals surface area (Å²) in [5, 5.41) is 5.67. The molecule has 0 bridgehead atoms. The minimum atomic E-state index is -0.685. The van der Waals surface area contributed by atoms with Gasteiger partial charge in [0.15, 0.2) is 16.7 Å². The summed E-state index contributed by atoms with van der Waals surface area (Å²) in [4.78, 5) is 35.5. The number of rotatable bonds is 9. The fraction of sp³-hybridized carbons (Fsp3) is 0.536. The molecule has 3 aliphatic heterocycles. The van der Waals surface area contributed by atoms with Crippen molar-refractivity contribution in [3.63, 3.8) is 0 Å². The standard InChI is InChI=1S/C28H38N4O6S/c1-18-24(26(34)38-28(2,3)4)25(19-7-8-21(35-5)22(15-19)36-6)32-20(17-39-27(32)30-18)16-23(33)29-9-10-31-11-13-37-14-12-31/h7-8,15,17,25H,9-14,16H2,1-6H3,(H,29,33)/t25-/m0/s1. The van der Waals surface area contributed by atoms with Crippen LogP contribution in [0.1, 0.15) is 45.7 Å². The Morgan fingerprint density at radius 2 is 1.87 bits per heavy atom. The van der Waals surface area contributed by atoms with Crippen LogP contribution >= 0.6 is 11.8 Å².